The van der Waals surface area contributed by atoms with Gasteiger partial charge in [0, 0.05) is 23.6 Å². The van der Waals surface area contributed by atoms with E-state index in [1.165, 1.54) is 0 Å². The monoisotopic (exact) mass is 239 g/mol. The van der Waals surface area contributed by atoms with Crippen LogP contribution in [0.25, 0.3) is 0 Å². The van der Waals surface area contributed by atoms with Gasteiger partial charge < -0.3 is 10.1 Å². The van der Waals surface area contributed by atoms with Gasteiger partial charge in [-0.1, -0.05) is 5.92 Å². The van der Waals surface area contributed by atoms with Crippen LogP contribution in [0.5, 0.6) is 11.5 Å². The summed E-state index contributed by atoms with van der Waals surface area (Å²) in [7, 11) is 0. The molecule has 3 atom stereocenters. The van der Waals surface area contributed by atoms with Gasteiger partial charge in [-0.05, 0) is 25.0 Å². The molecule has 1 N–H and O–H groups in total. The molecule has 1 fully saturated rings. The predicted molar refractivity (Wildman–Crippen MR) is 67.8 cm³/mol. The molecule has 3 aliphatic rings. The maximum atomic E-state index is 12.3. The number of terminal acetylenes is 1. The minimum Gasteiger partial charge on any atom is -0.449 e. The summed E-state index contributed by atoms with van der Waals surface area (Å²) < 4.78 is 5.46. The molecule has 1 saturated carbocycles. The summed E-state index contributed by atoms with van der Waals surface area (Å²) in [5, 5.41) is 3.37. The van der Waals surface area contributed by atoms with Crippen molar-refractivity contribution in [2.75, 3.05) is 5.32 Å². The molecule has 4 rings (SSSR count). The fourth-order valence-electron chi connectivity index (χ4n) is 3.43. The molecular weight excluding hydrogens is 226 g/mol. The van der Waals surface area contributed by atoms with Crippen LogP contribution in [0.3, 0.4) is 0 Å². The van der Waals surface area contributed by atoms with Crippen LogP contribution in [0.15, 0.2) is 12.1 Å². The largest absolute Gasteiger partial charge is 0.449 e. The Bertz CT molecular complexity index is 599. The third kappa shape index (κ3) is 1.18. The number of ketones is 1. The van der Waals surface area contributed by atoms with Crippen LogP contribution < -0.4 is 10.1 Å². The molecule has 2 aliphatic heterocycles. The number of hydrogen-bond acceptors (Lipinski definition) is 3. The fourth-order valence-corrected chi connectivity index (χ4v) is 3.43. The topological polar surface area (TPSA) is 41.6 Å². The van der Waals surface area contributed by atoms with Crippen molar-refractivity contribution in [3.8, 4) is 23.8 Å². The highest BCUT2D eigenvalue weighted by Gasteiger charge is 2.46. The van der Waals surface area contributed by atoms with E-state index in [1.54, 1.807) is 0 Å². The number of carbonyl (C=O) groups excluding carboxylic acids is 1. The van der Waals surface area contributed by atoms with E-state index in [2.05, 4.69) is 11.2 Å². The van der Waals surface area contributed by atoms with E-state index in [0.717, 1.165) is 35.6 Å². The van der Waals surface area contributed by atoms with Gasteiger partial charge in [-0.2, -0.15) is 0 Å². The lowest BCUT2D eigenvalue weighted by Crippen LogP contribution is -2.42. The van der Waals surface area contributed by atoms with Gasteiger partial charge in [0.15, 0.2) is 11.5 Å². The Labute approximate surface area is 106 Å². The number of nitrogens with one attached hydrogen (secondary N) is 1. The second kappa shape index (κ2) is 3.29. The molecule has 0 radical (unpaired) electrons. The minimum absolute atomic E-state index is 0.0384. The summed E-state index contributed by atoms with van der Waals surface area (Å²) in [6, 6.07) is 3.87. The molecule has 0 amide bonds. The first-order valence-corrected chi connectivity index (χ1v) is 6.39. The average molecular weight is 239 g/mol. The van der Waals surface area contributed by atoms with Gasteiger partial charge in [-0.25, -0.2) is 0 Å². The van der Waals surface area contributed by atoms with Crippen molar-refractivity contribution < 1.29 is 9.53 Å². The summed E-state index contributed by atoms with van der Waals surface area (Å²) in [6.45, 7) is 0. The van der Waals surface area contributed by atoms with Crippen LogP contribution in [-0.2, 0) is 4.79 Å². The maximum Gasteiger partial charge on any atom is 0.176 e. The number of ether oxygens (including phenoxy) is 1. The van der Waals surface area contributed by atoms with E-state index in [0.29, 0.717) is 12.2 Å². The number of rotatable bonds is 0. The standard InChI is InChI=1S/C15H13NO2/c1-2-9-8-4-3-5-11(17)13(8)14-10(16-9)6-7-12-15(14)18-12/h1,6-9,13,16H,3-5H2. The van der Waals surface area contributed by atoms with Crippen LogP contribution in [0.4, 0.5) is 5.69 Å². The highest BCUT2D eigenvalue weighted by atomic mass is 16.6. The van der Waals surface area contributed by atoms with Crippen molar-refractivity contribution in [3.05, 3.63) is 17.7 Å². The fraction of sp³-hybridized carbons (Fsp3) is 0.400. The quantitative estimate of drug-likeness (QED) is 0.567. The summed E-state index contributed by atoms with van der Waals surface area (Å²) in [5.74, 6) is 5.09. The molecule has 0 bridgehead atoms. The van der Waals surface area contributed by atoms with Gasteiger partial charge in [0.1, 0.15) is 5.78 Å². The van der Waals surface area contributed by atoms with Gasteiger partial charge >= 0.3 is 0 Å². The zero-order chi connectivity index (χ0) is 12.3. The zero-order valence-corrected chi connectivity index (χ0v) is 9.90. The molecule has 1 aliphatic carbocycles. The van der Waals surface area contributed by atoms with Crippen molar-refractivity contribution in [2.24, 2.45) is 5.92 Å². The first-order valence-electron chi connectivity index (χ1n) is 6.39. The lowest BCUT2D eigenvalue weighted by Gasteiger charge is -2.39. The molecule has 3 nitrogen and oxygen atoms in total. The summed E-state index contributed by atoms with van der Waals surface area (Å²) >= 11 is 0. The van der Waals surface area contributed by atoms with Crippen LogP contribution in [0, 0.1) is 18.3 Å². The highest BCUT2D eigenvalue weighted by molar-refractivity contribution is 5.92. The number of hydrogen-bond donors (Lipinski definition) is 1. The first kappa shape index (κ1) is 10.0. The zero-order valence-electron chi connectivity index (χ0n) is 9.90. The molecule has 0 spiro atoms. The number of anilines is 1. The van der Waals surface area contributed by atoms with Gasteiger partial charge in [-0.3, -0.25) is 4.79 Å². The Morgan fingerprint density at radius 2 is 2.33 bits per heavy atom. The second-order valence-corrected chi connectivity index (χ2v) is 5.24. The number of carbonyl (C=O) groups is 1. The summed E-state index contributed by atoms with van der Waals surface area (Å²) in [4.78, 5) is 12.3. The Hall–Kier alpha value is -1.95. The van der Waals surface area contributed by atoms with E-state index in [-0.39, 0.29) is 17.9 Å². The molecule has 1 aromatic carbocycles. The van der Waals surface area contributed by atoms with Gasteiger partial charge in [0.25, 0.3) is 0 Å². The van der Waals surface area contributed by atoms with Crippen molar-refractivity contribution >= 4 is 11.5 Å². The van der Waals surface area contributed by atoms with Crippen molar-refractivity contribution in [2.45, 2.75) is 31.2 Å². The van der Waals surface area contributed by atoms with Crippen molar-refractivity contribution in [3.63, 3.8) is 0 Å². The molecule has 3 unspecified atom stereocenters. The lowest BCUT2D eigenvalue weighted by molar-refractivity contribution is -0.123. The Kier molecular flexibility index (Phi) is 1.83. The molecule has 0 saturated heterocycles. The average Bonchev–Trinajstić information content (AvgIpc) is 3.17. The van der Waals surface area contributed by atoms with Crippen molar-refractivity contribution in [1.82, 2.24) is 0 Å². The Balaban J connectivity index is 1.89. The van der Waals surface area contributed by atoms with Crippen LogP contribution in [-0.4, -0.2) is 11.8 Å². The van der Waals surface area contributed by atoms with E-state index in [9.17, 15) is 4.79 Å². The Morgan fingerprint density at radius 3 is 3.17 bits per heavy atom. The van der Waals surface area contributed by atoms with Crippen LogP contribution in [0.2, 0.25) is 0 Å². The molecule has 1 aromatic rings. The first-order chi connectivity index (χ1) is 8.79. The van der Waals surface area contributed by atoms with Gasteiger partial charge in [0.05, 0.1) is 12.0 Å². The normalized spacial score (nSPS) is 31.1. The third-order valence-corrected chi connectivity index (χ3v) is 4.30. The van der Waals surface area contributed by atoms with Gasteiger partial charge in [-0.15, -0.1) is 6.42 Å². The van der Waals surface area contributed by atoms with E-state index >= 15 is 0 Å². The molecule has 90 valence electrons. The van der Waals surface area contributed by atoms with Crippen LogP contribution in [0.1, 0.15) is 30.7 Å². The Morgan fingerprint density at radius 1 is 1.44 bits per heavy atom. The molecule has 18 heavy (non-hydrogen) atoms. The number of benzene rings is 1. The summed E-state index contributed by atoms with van der Waals surface area (Å²) in [6.07, 6.45) is 8.24. The molecule has 3 heteroatoms. The van der Waals surface area contributed by atoms with Gasteiger partial charge in [0.2, 0.25) is 0 Å². The number of Topliss-reactive ketones (excluding diaryl/α,β-unsaturated/α-hetero) is 1. The minimum atomic E-state index is -0.0616. The molecule has 2 heterocycles. The van der Waals surface area contributed by atoms with E-state index in [4.69, 9.17) is 11.2 Å². The SMILES string of the molecule is C#CC1Nc2ccc3c(c2C2C(=O)CCCC12)O3. The lowest BCUT2D eigenvalue weighted by atomic mass is 9.69. The van der Waals surface area contributed by atoms with E-state index in [1.807, 2.05) is 12.1 Å². The smallest absolute Gasteiger partial charge is 0.176 e. The number of fused-ring (bicyclic) bond motifs is 5. The second-order valence-electron chi connectivity index (χ2n) is 5.24. The van der Waals surface area contributed by atoms with E-state index < -0.39 is 0 Å². The highest BCUT2D eigenvalue weighted by Crippen LogP contribution is 2.58. The molecular formula is C15H13NO2. The third-order valence-electron chi connectivity index (χ3n) is 4.30. The molecule has 0 aromatic heterocycles. The van der Waals surface area contributed by atoms with Crippen LogP contribution >= 0.6 is 0 Å². The maximum absolute atomic E-state index is 12.3. The summed E-state index contributed by atoms with van der Waals surface area (Å²) in [5.41, 5.74) is 2.03. The predicted octanol–water partition coefficient (Wildman–Crippen LogP) is 2.67. The van der Waals surface area contributed by atoms with Crippen molar-refractivity contribution in [1.29, 1.82) is 0 Å².